The Morgan fingerprint density at radius 1 is 0.593 bits per heavy atom. The quantitative estimate of drug-likeness (QED) is 0.0372. The Bertz CT molecular complexity index is 2050. The van der Waals surface area contributed by atoms with Gasteiger partial charge in [-0.3, -0.25) is 28.8 Å². The topological polar surface area (TPSA) is 233 Å². The van der Waals surface area contributed by atoms with Gasteiger partial charge in [-0.15, -0.1) is 0 Å². The maximum atomic E-state index is 13.8. The first-order valence-corrected chi connectivity index (χ1v) is 19.4. The van der Waals surface area contributed by atoms with Gasteiger partial charge in [0, 0.05) is 22.5 Å². The number of hydrogen-bond acceptors (Lipinski definition) is 11. The van der Waals surface area contributed by atoms with E-state index in [1.807, 2.05) is 24.3 Å². The highest BCUT2D eigenvalue weighted by molar-refractivity contribution is 6.05. The summed E-state index contributed by atoms with van der Waals surface area (Å²) in [6.07, 6.45) is 3.05. The molecule has 4 rings (SSSR count). The first kappa shape index (κ1) is 45.3. The van der Waals surface area contributed by atoms with Crippen LogP contribution in [0.3, 0.4) is 0 Å². The van der Waals surface area contributed by atoms with Gasteiger partial charge in [0.2, 0.25) is 11.8 Å². The van der Waals surface area contributed by atoms with Gasteiger partial charge < -0.3 is 47.5 Å². The number of methoxy groups -OCH3 is 2. The molecule has 0 aliphatic heterocycles. The summed E-state index contributed by atoms with van der Waals surface area (Å²) in [6.45, 7) is 1.44. The van der Waals surface area contributed by atoms with Crippen LogP contribution in [0.1, 0.15) is 80.0 Å². The number of primary amides is 1. The van der Waals surface area contributed by atoms with Gasteiger partial charge in [0.1, 0.15) is 17.5 Å². The zero-order valence-electron chi connectivity index (χ0n) is 33.4. The number of unbranched alkanes of at least 4 members (excludes halogenated alkanes) is 2. The van der Waals surface area contributed by atoms with E-state index in [-0.39, 0.29) is 59.4 Å². The summed E-state index contributed by atoms with van der Waals surface area (Å²) in [5, 5.41) is 14.6. The summed E-state index contributed by atoms with van der Waals surface area (Å²) in [4.78, 5) is 77.3. The van der Waals surface area contributed by atoms with E-state index in [9.17, 15) is 28.8 Å². The molecule has 4 aromatic carbocycles. The molecule has 9 N–H and O–H groups in total. The molecule has 0 aliphatic rings. The second-order valence-corrected chi connectivity index (χ2v) is 13.7. The number of nitrogens with two attached hydrogens (primary N) is 2. The minimum Gasteiger partial charge on any atom is -0.496 e. The minimum absolute atomic E-state index is 0.000313. The molecule has 15 nitrogen and oxygen atoms in total. The van der Waals surface area contributed by atoms with Crippen LogP contribution in [0.2, 0.25) is 0 Å². The number of ketones is 2. The molecular weight excluding hydrogens is 755 g/mol. The second kappa shape index (κ2) is 23.7. The largest absolute Gasteiger partial charge is 0.496 e. The van der Waals surface area contributed by atoms with Gasteiger partial charge in [-0.25, -0.2) is 0 Å². The van der Waals surface area contributed by atoms with Crippen molar-refractivity contribution in [1.29, 1.82) is 0 Å². The highest BCUT2D eigenvalue weighted by Crippen LogP contribution is 2.25. The van der Waals surface area contributed by atoms with Gasteiger partial charge in [-0.2, -0.15) is 0 Å². The van der Waals surface area contributed by atoms with Gasteiger partial charge in [0.25, 0.3) is 11.8 Å². The molecule has 4 aromatic rings. The van der Waals surface area contributed by atoms with Crippen molar-refractivity contribution >= 4 is 46.6 Å². The number of Topliss-reactive ketones (excluding diaryl/α,β-unsaturated/α-hetero) is 2. The third-order valence-corrected chi connectivity index (χ3v) is 9.38. The van der Waals surface area contributed by atoms with E-state index in [1.165, 1.54) is 38.5 Å². The standard InChI is InChI=1S/C44H53N7O8/c1-58-39-21-19-31(25-33(39)41(46)54)50-44(57)36(18-10-12-24-48-28-38(53)30-15-7-4-8-16-30)51-42(55)34-26-32(20-22-40(34)59-2)49-43(56)35(45)17-9-11-23-47-27-37(52)29-13-5-3-6-14-29/h3-8,13-16,19-22,25-26,35-36,47-48H,9-12,17-18,23-24,27-28,45H2,1-2H3,(H2,46,54)(H,49,56)(H,50,57)(H,51,55)/t35-,36-/m0/s1. The lowest BCUT2D eigenvalue weighted by molar-refractivity contribution is -0.118. The number of amides is 4. The first-order chi connectivity index (χ1) is 28.5. The Labute approximate surface area is 344 Å². The molecule has 2 atom stereocenters. The van der Waals surface area contributed by atoms with E-state index >= 15 is 0 Å². The third kappa shape index (κ3) is 14.5. The monoisotopic (exact) mass is 807 g/mol. The van der Waals surface area contributed by atoms with E-state index < -0.39 is 35.7 Å². The van der Waals surface area contributed by atoms with Gasteiger partial charge in [-0.05, 0) is 81.6 Å². The molecule has 0 bridgehead atoms. The van der Waals surface area contributed by atoms with Crippen LogP contribution < -0.4 is 47.5 Å². The molecule has 0 radical (unpaired) electrons. The van der Waals surface area contributed by atoms with E-state index in [4.69, 9.17) is 20.9 Å². The van der Waals surface area contributed by atoms with Crippen LogP contribution in [0.5, 0.6) is 11.5 Å². The van der Waals surface area contributed by atoms with Crippen molar-refractivity contribution in [2.24, 2.45) is 11.5 Å². The van der Waals surface area contributed by atoms with Crippen LogP contribution in [0.25, 0.3) is 0 Å². The molecule has 0 unspecified atom stereocenters. The number of benzene rings is 4. The Morgan fingerprint density at radius 3 is 1.58 bits per heavy atom. The van der Waals surface area contributed by atoms with Crippen molar-refractivity contribution in [2.75, 3.05) is 51.0 Å². The molecule has 4 amide bonds. The second-order valence-electron chi connectivity index (χ2n) is 13.7. The number of ether oxygens (including phenoxy) is 2. The molecule has 0 saturated heterocycles. The van der Waals surface area contributed by atoms with Crippen LogP contribution in [-0.2, 0) is 9.59 Å². The smallest absolute Gasteiger partial charge is 0.255 e. The molecule has 0 aromatic heterocycles. The van der Waals surface area contributed by atoms with Gasteiger partial charge in [0.15, 0.2) is 11.6 Å². The van der Waals surface area contributed by atoms with Gasteiger partial charge >= 0.3 is 0 Å². The van der Waals surface area contributed by atoms with Crippen LogP contribution in [-0.4, -0.2) is 87.7 Å². The van der Waals surface area contributed by atoms with Crippen molar-refractivity contribution in [1.82, 2.24) is 16.0 Å². The third-order valence-electron chi connectivity index (χ3n) is 9.38. The Morgan fingerprint density at radius 2 is 1.07 bits per heavy atom. The highest BCUT2D eigenvalue weighted by Gasteiger charge is 2.25. The number of hydrogen-bond donors (Lipinski definition) is 7. The molecule has 0 heterocycles. The van der Waals surface area contributed by atoms with E-state index in [0.717, 1.165) is 0 Å². The molecular formula is C44H53N7O8. The summed E-state index contributed by atoms with van der Waals surface area (Å²) in [7, 11) is 2.79. The zero-order valence-corrected chi connectivity index (χ0v) is 33.4. The summed E-state index contributed by atoms with van der Waals surface area (Å²) in [5.74, 6) is -1.99. The summed E-state index contributed by atoms with van der Waals surface area (Å²) >= 11 is 0. The normalized spacial score (nSPS) is 11.8. The summed E-state index contributed by atoms with van der Waals surface area (Å²) in [5.41, 5.74) is 13.6. The van der Waals surface area contributed by atoms with Crippen LogP contribution >= 0.6 is 0 Å². The SMILES string of the molecule is COc1ccc(NC(=O)[C@H](CCCCNCC(=O)c2ccccc2)NC(=O)c2cc(NC(=O)[C@@H](N)CCCCNCC(=O)c3ccccc3)ccc2OC)cc1C(N)=O. The fraction of sp³-hybridized carbons (Fsp3) is 0.318. The number of rotatable bonds is 25. The molecule has 0 saturated carbocycles. The number of anilines is 2. The minimum atomic E-state index is -1.05. The van der Waals surface area contributed by atoms with E-state index in [2.05, 4.69) is 26.6 Å². The van der Waals surface area contributed by atoms with Crippen LogP contribution in [0.4, 0.5) is 11.4 Å². The molecule has 0 fully saturated rings. The molecule has 0 spiro atoms. The molecule has 59 heavy (non-hydrogen) atoms. The predicted octanol–water partition coefficient (Wildman–Crippen LogP) is 4.09. The van der Waals surface area contributed by atoms with E-state index in [1.54, 1.807) is 48.5 Å². The van der Waals surface area contributed by atoms with Crippen molar-refractivity contribution in [3.05, 3.63) is 119 Å². The molecule has 15 heteroatoms. The van der Waals surface area contributed by atoms with Crippen molar-refractivity contribution in [2.45, 2.75) is 50.6 Å². The van der Waals surface area contributed by atoms with Gasteiger partial charge in [0.05, 0.1) is 44.5 Å². The average molecular weight is 808 g/mol. The Balaban J connectivity index is 1.35. The van der Waals surface area contributed by atoms with Crippen molar-refractivity contribution in [3.63, 3.8) is 0 Å². The van der Waals surface area contributed by atoms with Crippen LogP contribution in [0.15, 0.2) is 97.1 Å². The van der Waals surface area contributed by atoms with Gasteiger partial charge in [-0.1, -0.05) is 67.1 Å². The fourth-order valence-electron chi connectivity index (χ4n) is 6.11. The molecule has 0 aliphatic carbocycles. The predicted molar refractivity (Wildman–Crippen MR) is 226 cm³/mol. The number of carbonyl (C=O) groups excluding carboxylic acids is 6. The fourth-order valence-corrected chi connectivity index (χ4v) is 6.11. The highest BCUT2D eigenvalue weighted by atomic mass is 16.5. The average Bonchev–Trinajstić information content (AvgIpc) is 3.25. The summed E-state index contributed by atoms with van der Waals surface area (Å²) < 4.78 is 10.7. The zero-order chi connectivity index (χ0) is 42.6. The van der Waals surface area contributed by atoms with Crippen molar-refractivity contribution < 1.29 is 38.2 Å². The lowest BCUT2D eigenvalue weighted by Crippen LogP contribution is -2.44. The summed E-state index contributed by atoms with van der Waals surface area (Å²) in [6, 6.07) is 25.1. The number of carbonyl (C=O) groups is 6. The lowest BCUT2D eigenvalue weighted by atomic mass is 10.1. The van der Waals surface area contributed by atoms with E-state index in [0.29, 0.717) is 62.0 Å². The Kier molecular flexibility index (Phi) is 18.2. The first-order valence-electron chi connectivity index (χ1n) is 19.4. The van der Waals surface area contributed by atoms with Crippen LogP contribution in [0, 0.1) is 0 Å². The van der Waals surface area contributed by atoms with Crippen molar-refractivity contribution in [3.8, 4) is 11.5 Å². The number of nitrogens with one attached hydrogen (secondary N) is 5. The maximum absolute atomic E-state index is 13.8. The maximum Gasteiger partial charge on any atom is 0.255 e. The molecule has 312 valence electrons. The lowest BCUT2D eigenvalue weighted by Gasteiger charge is -2.20. The Hall–Kier alpha value is -6.42.